The molecule has 1 N–H and O–H groups in total. The average Bonchev–Trinajstić information content (AvgIpc) is 3.03. The van der Waals surface area contributed by atoms with E-state index in [1.807, 2.05) is 0 Å². The fourth-order valence-electron chi connectivity index (χ4n) is 3.77. The lowest BCUT2D eigenvalue weighted by Crippen LogP contribution is -2.24. The van der Waals surface area contributed by atoms with Crippen molar-refractivity contribution < 1.29 is 0 Å². The van der Waals surface area contributed by atoms with Crippen LogP contribution in [0.15, 0.2) is 18.2 Å². The Hall–Kier alpha value is -0.820. The number of hydrogen-bond donors (Lipinski definition) is 1. The average molecular weight is 287 g/mol. The van der Waals surface area contributed by atoms with Crippen LogP contribution in [-0.4, -0.2) is 6.54 Å². The van der Waals surface area contributed by atoms with E-state index in [0.29, 0.717) is 6.04 Å². The summed E-state index contributed by atoms with van der Waals surface area (Å²) in [7, 11) is 0. The molecule has 0 saturated heterocycles. The minimum atomic E-state index is 0.559. The summed E-state index contributed by atoms with van der Waals surface area (Å²) in [5.74, 6) is 0.940. The molecule has 1 aromatic carbocycles. The van der Waals surface area contributed by atoms with Crippen molar-refractivity contribution in [2.45, 2.75) is 78.2 Å². The maximum Gasteiger partial charge on any atom is 0.0322 e. The third-order valence-electron chi connectivity index (χ3n) is 5.08. The molecule has 1 saturated carbocycles. The number of rotatable bonds is 8. The van der Waals surface area contributed by atoms with Gasteiger partial charge in [-0.2, -0.15) is 0 Å². The predicted molar refractivity (Wildman–Crippen MR) is 92.8 cm³/mol. The molecule has 1 fully saturated rings. The van der Waals surface area contributed by atoms with E-state index >= 15 is 0 Å². The van der Waals surface area contributed by atoms with Gasteiger partial charge in [-0.1, -0.05) is 64.7 Å². The fraction of sp³-hybridized carbons (Fsp3) is 0.700. The lowest BCUT2D eigenvalue weighted by Gasteiger charge is -2.23. The van der Waals surface area contributed by atoms with Crippen molar-refractivity contribution in [3.63, 3.8) is 0 Å². The van der Waals surface area contributed by atoms with Crippen LogP contribution in [0.4, 0.5) is 0 Å². The van der Waals surface area contributed by atoms with Crippen molar-refractivity contribution in [1.82, 2.24) is 5.32 Å². The van der Waals surface area contributed by atoms with Crippen molar-refractivity contribution >= 4 is 0 Å². The third kappa shape index (κ3) is 4.57. The summed E-state index contributed by atoms with van der Waals surface area (Å²) < 4.78 is 0. The highest BCUT2D eigenvalue weighted by molar-refractivity contribution is 5.34. The van der Waals surface area contributed by atoms with Crippen molar-refractivity contribution in [1.29, 1.82) is 0 Å². The monoisotopic (exact) mass is 287 g/mol. The van der Waals surface area contributed by atoms with Gasteiger partial charge in [-0.3, -0.25) is 0 Å². The molecule has 0 heterocycles. The zero-order valence-corrected chi connectivity index (χ0v) is 14.3. The second kappa shape index (κ2) is 8.58. The Bertz CT molecular complexity index is 418. The van der Waals surface area contributed by atoms with Crippen molar-refractivity contribution in [2.75, 3.05) is 6.54 Å². The molecule has 1 nitrogen and oxygen atoms in total. The molecule has 0 amide bonds. The first kappa shape index (κ1) is 16.5. The van der Waals surface area contributed by atoms with E-state index < -0.39 is 0 Å². The second-order valence-corrected chi connectivity index (χ2v) is 6.63. The predicted octanol–water partition coefficient (Wildman–Crippen LogP) is 5.43. The van der Waals surface area contributed by atoms with Crippen LogP contribution >= 0.6 is 0 Å². The zero-order chi connectivity index (χ0) is 15.1. The number of nitrogens with one attached hydrogen (secondary N) is 1. The van der Waals surface area contributed by atoms with Crippen LogP contribution in [-0.2, 0) is 12.8 Å². The van der Waals surface area contributed by atoms with Crippen molar-refractivity contribution in [2.24, 2.45) is 5.92 Å². The molecule has 0 radical (unpaired) electrons. The van der Waals surface area contributed by atoms with E-state index in [4.69, 9.17) is 0 Å². The molecule has 2 rings (SSSR count). The van der Waals surface area contributed by atoms with Gasteiger partial charge in [0, 0.05) is 6.04 Å². The molecule has 0 spiro atoms. The Labute approximate surface area is 131 Å². The Balaban J connectivity index is 2.14. The number of aryl methyl sites for hydroxylation is 2. The van der Waals surface area contributed by atoms with Crippen LogP contribution in [0.1, 0.15) is 82.0 Å². The Morgan fingerprint density at radius 1 is 1.05 bits per heavy atom. The molecular formula is C20H33N. The molecule has 1 aromatic rings. The topological polar surface area (TPSA) is 12.0 Å². The van der Waals surface area contributed by atoms with Gasteiger partial charge < -0.3 is 5.32 Å². The summed E-state index contributed by atoms with van der Waals surface area (Å²) >= 11 is 0. The van der Waals surface area contributed by atoms with Gasteiger partial charge in [-0.15, -0.1) is 0 Å². The maximum atomic E-state index is 3.80. The highest BCUT2D eigenvalue weighted by Crippen LogP contribution is 2.33. The van der Waals surface area contributed by atoms with E-state index in [0.717, 1.165) is 25.3 Å². The van der Waals surface area contributed by atoms with Gasteiger partial charge in [-0.05, 0) is 54.8 Å². The fourth-order valence-corrected chi connectivity index (χ4v) is 3.77. The van der Waals surface area contributed by atoms with Crippen LogP contribution in [0.2, 0.25) is 0 Å². The molecule has 118 valence electrons. The van der Waals surface area contributed by atoms with Gasteiger partial charge in [-0.25, -0.2) is 0 Å². The van der Waals surface area contributed by atoms with Gasteiger partial charge in [0.15, 0.2) is 0 Å². The largest absolute Gasteiger partial charge is 0.310 e. The summed E-state index contributed by atoms with van der Waals surface area (Å²) in [5, 5.41) is 3.80. The van der Waals surface area contributed by atoms with Crippen molar-refractivity contribution in [3.05, 3.63) is 34.9 Å². The lowest BCUT2D eigenvalue weighted by molar-refractivity contribution is 0.395. The van der Waals surface area contributed by atoms with Crippen LogP contribution in [0.5, 0.6) is 0 Å². The van der Waals surface area contributed by atoms with Gasteiger partial charge >= 0.3 is 0 Å². The lowest BCUT2D eigenvalue weighted by atomic mass is 9.90. The highest BCUT2D eigenvalue weighted by atomic mass is 14.9. The van der Waals surface area contributed by atoms with E-state index in [2.05, 4.69) is 44.3 Å². The summed E-state index contributed by atoms with van der Waals surface area (Å²) in [6, 6.07) is 7.77. The summed E-state index contributed by atoms with van der Waals surface area (Å²) in [6.45, 7) is 7.94. The van der Waals surface area contributed by atoms with Crippen LogP contribution in [0.25, 0.3) is 0 Å². The van der Waals surface area contributed by atoms with Gasteiger partial charge in [0.25, 0.3) is 0 Å². The quantitative estimate of drug-likeness (QED) is 0.672. The first-order chi connectivity index (χ1) is 10.3. The van der Waals surface area contributed by atoms with E-state index in [1.54, 1.807) is 5.56 Å². The van der Waals surface area contributed by atoms with Gasteiger partial charge in [0.1, 0.15) is 0 Å². The highest BCUT2D eigenvalue weighted by Gasteiger charge is 2.21. The molecule has 1 atom stereocenters. The van der Waals surface area contributed by atoms with Gasteiger partial charge in [0.05, 0.1) is 0 Å². The van der Waals surface area contributed by atoms with Crippen LogP contribution < -0.4 is 5.32 Å². The number of benzene rings is 1. The zero-order valence-electron chi connectivity index (χ0n) is 14.3. The molecule has 1 aliphatic carbocycles. The Morgan fingerprint density at radius 3 is 2.38 bits per heavy atom. The molecule has 1 heteroatoms. The molecule has 0 aliphatic heterocycles. The minimum Gasteiger partial charge on any atom is -0.310 e. The summed E-state index contributed by atoms with van der Waals surface area (Å²) in [6.07, 6.45) is 10.6. The standard InChI is InChI=1S/C20H33N/c1-4-13-21-20(14-16-9-7-8-10-16)19-12-11-17(5-2)18(6-3)15-19/h11-12,15-16,20-21H,4-10,13-14H2,1-3H3. The maximum absolute atomic E-state index is 3.80. The molecule has 0 bridgehead atoms. The van der Waals surface area contributed by atoms with Crippen molar-refractivity contribution in [3.8, 4) is 0 Å². The normalized spacial score (nSPS) is 17.3. The van der Waals surface area contributed by atoms with Gasteiger partial charge in [0.2, 0.25) is 0 Å². The molecule has 21 heavy (non-hydrogen) atoms. The van der Waals surface area contributed by atoms with E-state index in [1.165, 1.54) is 49.7 Å². The molecule has 1 aliphatic rings. The number of hydrogen-bond acceptors (Lipinski definition) is 1. The Kier molecular flexibility index (Phi) is 6.76. The first-order valence-corrected chi connectivity index (χ1v) is 9.13. The first-order valence-electron chi connectivity index (χ1n) is 9.13. The summed E-state index contributed by atoms with van der Waals surface area (Å²) in [5.41, 5.74) is 4.59. The van der Waals surface area contributed by atoms with E-state index in [-0.39, 0.29) is 0 Å². The van der Waals surface area contributed by atoms with Crippen LogP contribution in [0, 0.1) is 5.92 Å². The van der Waals surface area contributed by atoms with E-state index in [9.17, 15) is 0 Å². The third-order valence-corrected chi connectivity index (χ3v) is 5.08. The Morgan fingerprint density at radius 2 is 1.76 bits per heavy atom. The summed E-state index contributed by atoms with van der Waals surface area (Å²) in [4.78, 5) is 0. The van der Waals surface area contributed by atoms with Crippen LogP contribution in [0.3, 0.4) is 0 Å². The molecular weight excluding hydrogens is 254 g/mol. The minimum absolute atomic E-state index is 0.559. The smallest absolute Gasteiger partial charge is 0.0322 e. The SMILES string of the molecule is CCCNC(CC1CCCC1)c1ccc(CC)c(CC)c1. The molecule has 0 aromatic heterocycles. The molecule has 1 unspecified atom stereocenters. The second-order valence-electron chi connectivity index (χ2n) is 6.63.